The second-order valence-electron chi connectivity index (χ2n) is 6.00. The fourth-order valence-corrected chi connectivity index (χ4v) is 4.32. The molecule has 0 atom stereocenters. The van der Waals surface area contributed by atoms with E-state index in [9.17, 15) is 8.42 Å². The Balaban J connectivity index is 2.24. The van der Waals surface area contributed by atoms with E-state index in [2.05, 4.69) is 4.90 Å². The highest BCUT2D eigenvalue weighted by molar-refractivity contribution is 7.89. The summed E-state index contributed by atoms with van der Waals surface area (Å²) >= 11 is 0. The molecule has 0 aliphatic heterocycles. The molecule has 1 aliphatic rings. The van der Waals surface area contributed by atoms with Gasteiger partial charge in [0, 0.05) is 19.1 Å². The fraction of sp³-hybridized carbons (Fsp3) is 0.600. The number of hydrogen-bond donors (Lipinski definition) is 0. The molecular weight excluding hydrogens is 272 g/mol. The van der Waals surface area contributed by atoms with Crippen molar-refractivity contribution < 1.29 is 8.42 Å². The largest absolute Gasteiger partial charge is 0.302 e. The maximum atomic E-state index is 12.7. The lowest BCUT2D eigenvalue weighted by molar-refractivity contribution is 0.0455. The smallest absolute Gasteiger partial charge is 0.243 e. The molecule has 0 N–H and O–H groups in total. The van der Waals surface area contributed by atoms with E-state index in [-0.39, 0.29) is 5.54 Å². The maximum absolute atomic E-state index is 12.7. The van der Waals surface area contributed by atoms with Crippen molar-refractivity contribution in [1.29, 1.82) is 0 Å². The molecule has 1 aromatic rings. The number of hydrogen-bond acceptors (Lipinski definition) is 3. The van der Waals surface area contributed by atoms with Gasteiger partial charge in [0.15, 0.2) is 0 Å². The van der Waals surface area contributed by atoms with Crippen molar-refractivity contribution in [2.24, 2.45) is 0 Å². The third-order valence-corrected chi connectivity index (χ3v) is 6.50. The molecule has 0 radical (unpaired) electrons. The Labute approximate surface area is 122 Å². The van der Waals surface area contributed by atoms with Crippen LogP contribution in [0.1, 0.15) is 24.8 Å². The summed E-state index contributed by atoms with van der Waals surface area (Å²) in [4.78, 5) is 2.58. The zero-order valence-corrected chi connectivity index (χ0v) is 13.6. The number of rotatable bonds is 5. The van der Waals surface area contributed by atoms with Crippen LogP contribution in [0.5, 0.6) is 0 Å². The van der Waals surface area contributed by atoms with Crippen molar-refractivity contribution in [3.05, 3.63) is 29.8 Å². The van der Waals surface area contributed by atoms with Gasteiger partial charge in [0.1, 0.15) is 0 Å². The number of nitrogens with zero attached hydrogens (tertiary/aromatic N) is 2. The van der Waals surface area contributed by atoms with Crippen LogP contribution in [0.25, 0.3) is 0 Å². The van der Waals surface area contributed by atoms with E-state index >= 15 is 0 Å². The average Bonchev–Trinajstić information content (AvgIpc) is 2.33. The van der Waals surface area contributed by atoms with Crippen molar-refractivity contribution in [1.82, 2.24) is 9.21 Å². The van der Waals surface area contributed by atoms with E-state index in [4.69, 9.17) is 0 Å². The van der Waals surface area contributed by atoms with Crippen molar-refractivity contribution >= 4 is 10.0 Å². The molecule has 20 heavy (non-hydrogen) atoms. The van der Waals surface area contributed by atoms with E-state index in [1.54, 1.807) is 19.2 Å². The Bertz CT molecular complexity index is 577. The van der Waals surface area contributed by atoms with Crippen LogP contribution < -0.4 is 0 Å². The highest BCUT2D eigenvalue weighted by Gasteiger charge is 2.42. The van der Waals surface area contributed by atoms with E-state index in [1.165, 1.54) is 10.7 Å². The molecule has 4 nitrogen and oxygen atoms in total. The Morgan fingerprint density at radius 2 is 1.75 bits per heavy atom. The lowest BCUT2D eigenvalue weighted by atomic mass is 9.75. The van der Waals surface area contributed by atoms with Crippen LogP contribution in [0.3, 0.4) is 0 Å². The monoisotopic (exact) mass is 296 g/mol. The van der Waals surface area contributed by atoms with Crippen LogP contribution >= 0.6 is 0 Å². The SMILES string of the molecule is Cc1ccccc1S(=O)(=O)N(C)CC1(N(C)C)CCC1. The van der Waals surface area contributed by atoms with Gasteiger partial charge in [-0.05, 0) is 51.9 Å². The Morgan fingerprint density at radius 1 is 1.15 bits per heavy atom. The summed E-state index contributed by atoms with van der Waals surface area (Å²) in [5.41, 5.74) is 0.802. The molecule has 1 fully saturated rings. The Kier molecular flexibility index (Phi) is 4.23. The second kappa shape index (κ2) is 5.47. The summed E-state index contributed by atoms with van der Waals surface area (Å²) in [5, 5.41) is 0. The van der Waals surface area contributed by atoms with Gasteiger partial charge < -0.3 is 4.90 Å². The molecule has 1 saturated carbocycles. The third kappa shape index (κ3) is 2.62. The minimum absolute atomic E-state index is 0.00447. The molecule has 0 unspecified atom stereocenters. The second-order valence-corrected chi connectivity index (χ2v) is 8.01. The quantitative estimate of drug-likeness (QED) is 0.835. The molecule has 1 aromatic carbocycles. The van der Waals surface area contributed by atoms with Crippen molar-refractivity contribution in [3.8, 4) is 0 Å². The standard InChI is InChI=1S/C15H24N2O2S/c1-13-8-5-6-9-14(13)20(18,19)17(4)12-15(16(2)3)10-7-11-15/h5-6,8-9H,7,10-12H2,1-4H3. The zero-order chi connectivity index (χ0) is 15.0. The van der Waals surface area contributed by atoms with Crippen molar-refractivity contribution in [3.63, 3.8) is 0 Å². The summed E-state index contributed by atoms with van der Waals surface area (Å²) in [6.07, 6.45) is 3.30. The van der Waals surface area contributed by atoms with Crippen LogP contribution in [0, 0.1) is 6.92 Å². The van der Waals surface area contributed by atoms with Gasteiger partial charge in [0.2, 0.25) is 10.0 Å². The lowest BCUT2D eigenvalue weighted by Gasteiger charge is -2.49. The molecule has 2 rings (SSSR count). The van der Waals surface area contributed by atoms with Gasteiger partial charge in [-0.15, -0.1) is 0 Å². The predicted octanol–water partition coefficient (Wildman–Crippen LogP) is 2.10. The Morgan fingerprint density at radius 3 is 2.20 bits per heavy atom. The molecule has 5 heteroatoms. The highest BCUT2D eigenvalue weighted by atomic mass is 32.2. The molecule has 0 spiro atoms. The van der Waals surface area contributed by atoms with E-state index in [0.717, 1.165) is 18.4 Å². The maximum Gasteiger partial charge on any atom is 0.243 e. The van der Waals surface area contributed by atoms with Crippen LogP contribution in [-0.4, -0.2) is 50.8 Å². The van der Waals surface area contributed by atoms with Gasteiger partial charge in [-0.1, -0.05) is 18.2 Å². The molecule has 112 valence electrons. The van der Waals surface area contributed by atoms with Crippen LogP contribution in [0.15, 0.2) is 29.2 Å². The summed E-state index contributed by atoms with van der Waals surface area (Å²) in [5.74, 6) is 0. The van der Waals surface area contributed by atoms with Crippen molar-refractivity contribution in [2.75, 3.05) is 27.7 Å². The molecule has 0 heterocycles. The predicted molar refractivity (Wildman–Crippen MR) is 81.3 cm³/mol. The molecule has 1 aliphatic carbocycles. The minimum Gasteiger partial charge on any atom is -0.302 e. The van der Waals surface area contributed by atoms with Crippen LogP contribution in [0.4, 0.5) is 0 Å². The van der Waals surface area contributed by atoms with Crippen molar-refractivity contribution in [2.45, 2.75) is 36.6 Å². The van der Waals surface area contributed by atoms with Gasteiger partial charge in [-0.25, -0.2) is 8.42 Å². The number of aryl methyl sites for hydroxylation is 1. The van der Waals surface area contributed by atoms with Gasteiger partial charge >= 0.3 is 0 Å². The van der Waals surface area contributed by atoms with Gasteiger partial charge in [-0.3, -0.25) is 0 Å². The first-order valence-corrected chi connectivity index (χ1v) is 8.43. The van der Waals surface area contributed by atoms with Crippen LogP contribution in [-0.2, 0) is 10.0 Å². The molecular formula is C15H24N2O2S. The minimum atomic E-state index is -3.41. The summed E-state index contributed by atoms with van der Waals surface area (Å²) in [6, 6.07) is 7.16. The highest BCUT2D eigenvalue weighted by Crippen LogP contribution is 2.37. The Hall–Kier alpha value is -0.910. The summed E-state index contributed by atoms with van der Waals surface area (Å²) in [6.45, 7) is 2.39. The third-order valence-electron chi connectivity index (χ3n) is 4.53. The first-order chi connectivity index (χ1) is 9.29. The van der Waals surface area contributed by atoms with Gasteiger partial charge in [0.05, 0.1) is 4.90 Å². The first kappa shape index (κ1) is 15.5. The first-order valence-electron chi connectivity index (χ1n) is 6.99. The summed E-state index contributed by atoms with van der Waals surface area (Å²) in [7, 11) is 2.35. The molecule has 0 saturated heterocycles. The normalized spacial score (nSPS) is 18.3. The average molecular weight is 296 g/mol. The van der Waals surface area contributed by atoms with Gasteiger partial charge in [-0.2, -0.15) is 4.31 Å². The molecule has 0 aromatic heterocycles. The molecule has 0 amide bonds. The number of sulfonamides is 1. The van der Waals surface area contributed by atoms with E-state index in [0.29, 0.717) is 11.4 Å². The summed E-state index contributed by atoms with van der Waals surface area (Å²) < 4.78 is 26.9. The zero-order valence-electron chi connectivity index (χ0n) is 12.8. The van der Waals surface area contributed by atoms with Crippen LogP contribution in [0.2, 0.25) is 0 Å². The molecule has 0 bridgehead atoms. The number of likely N-dealkylation sites (N-methyl/N-ethyl adjacent to an activating group) is 2. The van der Waals surface area contributed by atoms with Gasteiger partial charge in [0.25, 0.3) is 0 Å². The topological polar surface area (TPSA) is 40.6 Å². The fourth-order valence-electron chi connectivity index (χ4n) is 2.84. The number of benzene rings is 1. The van der Waals surface area contributed by atoms with E-state index < -0.39 is 10.0 Å². The van der Waals surface area contributed by atoms with E-state index in [1.807, 2.05) is 33.2 Å². The lowest BCUT2D eigenvalue weighted by Crippen LogP contribution is -2.57.